The van der Waals surface area contributed by atoms with Gasteiger partial charge in [0.2, 0.25) is 5.88 Å². The number of carbonyl (C=O) groups excluding carboxylic acids is 1. The number of para-hydroxylation sites is 1. The SMILES string of the molecule is Cc1ccc(NC(=O)Nc2ccccc2C(C)C)c(OC(F)F)n1. The van der Waals surface area contributed by atoms with Gasteiger partial charge < -0.3 is 15.4 Å². The number of amides is 2. The highest BCUT2D eigenvalue weighted by molar-refractivity contribution is 6.01. The van der Waals surface area contributed by atoms with Crippen LogP contribution in [0.15, 0.2) is 36.4 Å². The second kappa shape index (κ2) is 7.72. The number of pyridine rings is 1. The molecule has 2 N–H and O–H groups in total. The molecule has 0 saturated heterocycles. The smallest absolute Gasteiger partial charge is 0.388 e. The van der Waals surface area contributed by atoms with Gasteiger partial charge in [0.15, 0.2) is 0 Å². The second-order valence-electron chi connectivity index (χ2n) is 5.50. The van der Waals surface area contributed by atoms with Crippen molar-refractivity contribution in [2.45, 2.75) is 33.3 Å². The van der Waals surface area contributed by atoms with Crippen molar-refractivity contribution < 1.29 is 18.3 Å². The second-order valence-corrected chi connectivity index (χ2v) is 5.50. The van der Waals surface area contributed by atoms with E-state index in [4.69, 9.17) is 0 Å². The lowest BCUT2D eigenvalue weighted by Crippen LogP contribution is -2.21. The van der Waals surface area contributed by atoms with Crippen LogP contribution in [0.4, 0.5) is 25.0 Å². The lowest BCUT2D eigenvalue weighted by Gasteiger charge is -2.15. The van der Waals surface area contributed by atoms with Crippen molar-refractivity contribution in [1.29, 1.82) is 0 Å². The summed E-state index contributed by atoms with van der Waals surface area (Å²) in [5.41, 5.74) is 2.20. The third kappa shape index (κ3) is 4.65. The first-order chi connectivity index (χ1) is 11.4. The third-order valence-corrected chi connectivity index (χ3v) is 3.28. The van der Waals surface area contributed by atoms with E-state index in [9.17, 15) is 13.6 Å². The molecule has 0 aliphatic heterocycles. The molecule has 1 aromatic carbocycles. The molecule has 0 unspecified atom stereocenters. The highest BCUT2D eigenvalue weighted by atomic mass is 19.3. The molecule has 24 heavy (non-hydrogen) atoms. The molecule has 1 aromatic heterocycles. The van der Waals surface area contributed by atoms with E-state index in [1.165, 1.54) is 6.07 Å². The van der Waals surface area contributed by atoms with Crippen molar-refractivity contribution in [3.8, 4) is 5.88 Å². The standard InChI is InChI=1S/C17H19F2N3O2/c1-10(2)12-6-4-5-7-13(12)21-17(23)22-14-9-8-11(3)20-15(14)24-16(18)19/h4-10,16H,1-3H3,(H2,21,22,23). The number of aryl methyl sites for hydroxylation is 1. The molecular formula is C17H19F2N3O2. The molecule has 0 aliphatic rings. The Bertz CT molecular complexity index is 721. The first kappa shape index (κ1) is 17.7. The van der Waals surface area contributed by atoms with E-state index in [0.717, 1.165) is 5.56 Å². The molecule has 0 saturated carbocycles. The van der Waals surface area contributed by atoms with Gasteiger partial charge in [0.1, 0.15) is 5.69 Å². The number of rotatable bonds is 5. The van der Waals surface area contributed by atoms with Gasteiger partial charge in [-0.15, -0.1) is 0 Å². The van der Waals surface area contributed by atoms with Crippen molar-refractivity contribution in [3.05, 3.63) is 47.7 Å². The number of alkyl halides is 2. The first-order valence-corrected chi connectivity index (χ1v) is 7.46. The maximum absolute atomic E-state index is 12.5. The number of urea groups is 1. The summed E-state index contributed by atoms with van der Waals surface area (Å²) < 4.78 is 29.3. The van der Waals surface area contributed by atoms with Crippen LogP contribution in [0.3, 0.4) is 0 Å². The number of halogens is 2. The Hall–Kier alpha value is -2.70. The molecule has 0 atom stereocenters. The van der Waals surface area contributed by atoms with Crippen molar-refractivity contribution in [2.24, 2.45) is 0 Å². The van der Waals surface area contributed by atoms with Crippen LogP contribution in [0.2, 0.25) is 0 Å². The number of hydrogen-bond acceptors (Lipinski definition) is 3. The number of carbonyl (C=O) groups is 1. The van der Waals surface area contributed by atoms with Crippen LogP contribution in [-0.2, 0) is 0 Å². The molecule has 0 aliphatic carbocycles. The monoisotopic (exact) mass is 335 g/mol. The van der Waals surface area contributed by atoms with Crippen LogP contribution in [0.25, 0.3) is 0 Å². The van der Waals surface area contributed by atoms with Gasteiger partial charge in [0.25, 0.3) is 0 Å². The number of hydrogen-bond donors (Lipinski definition) is 2. The lowest BCUT2D eigenvalue weighted by molar-refractivity contribution is -0.0523. The zero-order valence-electron chi connectivity index (χ0n) is 13.6. The molecule has 0 radical (unpaired) electrons. The number of nitrogens with zero attached hydrogens (tertiary/aromatic N) is 1. The number of benzene rings is 1. The minimum Gasteiger partial charge on any atom is -0.415 e. The van der Waals surface area contributed by atoms with Gasteiger partial charge >= 0.3 is 12.6 Å². The average Bonchev–Trinajstić information content (AvgIpc) is 2.49. The largest absolute Gasteiger partial charge is 0.415 e. The number of aromatic nitrogens is 1. The Morgan fingerprint density at radius 3 is 2.42 bits per heavy atom. The molecule has 128 valence electrons. The van der Waals surface area contributed by atoms with Gasteiger partial charge in [0, 0.05) is 11.4 Å². The third-order valence-electron chi connectivity index (χ3n) is 3.28. The van der Waals surface area contributed by atoms with Gasteiger partial charge in [-0.05, 0) is 36.6 Å². The zero-order valence-corrected chi connectivity index (χ0v) is 13.6. The molecule has 2 amide bonds. The number of ether oxygens (including phenoxy) is 1. The van der Waals surface area contributed by atoms with Crippen molar-refractivity contribution >= 4 is 17.4 Å². The molecule has 7 heteroatoms. The molecule has 0 fully saturated rings. The maximum atomic E-state index is 12.5. The fourth-order valence-electron chi connectivity index (χ4n) is 2.19. The summed E-state index contributed by atoms with van der Waals surface area (Å²) in [5, 5.41) is 5.20. The minimum atomic E-state index is -3.02. The van der Waals surface area contributed by atoms with Gasteiger partial charge in [-0.2, -0.15) is 8.78 Å². The van der Waals surface area contributed by atoms with E-state index in [-0.39, 0.29) is 17.5 Å². The predicted octanol–water partition coefficient (Wildman–Crippen LogP) is 4.76. The Balaban J connectivity index is 2.16. The fourth-order valence-corrected chi connectivity index (χ4v) is 2.19. The zero-order chi connectivity index (χ0) is 17.7. The van der Waals surface area contributed by atoms with Crippen LogP contribution in [0.5, 0.6) is 5.88 Å². The summed E-state index contributed by atoms with van der Waals surface area (Å²) in [5.74, 6) is -0.0995. The van der Waals surface area contributed by atoms with Crippen molar-refractivity contribution in [2.75, 3.05) is 10.6 Å². The Morgan fingerprint density at radius 2 is 1.75 bits per heavy atom. The molecule has 0 spiro atoms. The van der Waals surface area contributed by atoms with Crippen LogP contribution in [-0.4, -0.2) is 17.6 Å². The maximum Gasteiger partial charge on any atom is 0.388 e. The summed E-state index contributed by atoms with van der Waals surface area (Å²) in [6.07, 6.45) is 0. The van der Waals surface area contributed by atoms with E-state index in [2.05, 4.69) is 20.4 Å². The molecule has 2 aromatic rings. The summed E-state index contributed by atoms with van der Waals surface area (Å²) in [7, 11) is 0. The summed E-state index contributed by atoms with van der Waals surface area (Å²) in [6, 6.07) is 9.88. The van der Waals surface area contributed by atoms with E-state index >= 15 is 0 Å². The number of anilines is 2. The Labute approximate surface area is 139 Å². The Morgan fingerprint density at radius 1 is 1.08 bits per heavy atom. The number of nitrogens with one attached hydrogen (secondary N) is 2. The lowest BCUT2D eigenvalue weighted by atomic mass is 10.0. The van der Waals surface area contributed by atoms with Gasteiger partial charge in [-0.25, -0.2) is 9.78 Å². The molecule has 0 bridgehead atoms. The van der Waals surface area contributed by atoms with E-state index in [0.29, 0.717) is 11.4 Å². The highest BCUT2D eigenvalue weighted by Crippen LogP contribution is 2.26. The molecule has 5 nitrogen and oxygen atoms in total. The van der Waals surface area contributed by atoms with Crippen LogP contribution in [0.1, 0.15) is 31.0 Å². The Kier molecular flexibility index (Phi) is 5.68. The van der Waals surface area contributed by atoms with Gasteiger partial charge in [-0.1, -0.05) is 32.0 Å². The van der Waals surface area contributed by atoms with Gasteiger partial charge in [0.05, 0.1) is 0 Å². The normalized spacial score (nSPS) is 10.8. The van der Waals surface area contributed by atoms with Gasteiger partial charge in [-0.3, -0.25) is 0 Å². The molecular weight excluding hydrogens is 316 g/mol. The topological polar surface area (TPSA) is 63.2 Å². The molecule has 1 heterocycles. The van der Waals surface area contributed by atoms with E-state index in [1.807, 2.05) is 26.0 Å². The minimum absolute atomic E-state index is 0.0698. The first-order valence-electron chi connectivity index (χ1n) is 7.46. The van der Waals surface area contributed by atoms with Crippen molar-refractivity contribution in [3.63, 3.8) is 0 Å². The van der Waals surface area contributed by atoms with E-state index < -0.39 is 12.6 Å². The summed E-state index contributed by atoms with van der Waals surface area (Å²) >= 11 is 0. The predicted molar refractivity (Wildman–Crippen MR) is 88.8 cm³/mol. The van der Waals surface area contributed by atoms with Crippen LogP contribution >= 0.6 is 0 Å². The highest BCUT2D eigenvalue weighted by Gasteiger charge is 2.15. The summed E-state index contributed by atoms with van der Waals surface area (Å²) in [4.78, 5) is 16.1. The summed E-state index contributed by atoms with van der Waals surface area (Å²) in [6.45, 7) is 2.64. The van der Waals surface area contributed by atoms with Crippen LogP contribution in [0, 0.1) is 6.92 Å². The molecule has 2 rings (SSSR count). The van der Waals surface area contributed by atoms with E-state index in [1.54, 1.807) is 25.1 Å². The van der Waals surface area contributed by atoms with Crippen LogP contribution < -0.4 is 15.4 Å². The average molecular weight is 335 g/mol. The fraction of sp³-hybridized carbons (Fsp3) is 0.294. The van der Waals surface area contributed by atoms with Crippen molar-refractivity contribution in [1.82, 2.24) is 4.98 Å². The quantitative estimate of drug-likeness (QED) is 0.828.